The van der Waals surface area contributed by atoms with Gasteiger partial charge in [0.05, 0.1) is 0 Å². The molecule has 70 valence electrons. The van der Waals surface area contributed by atoms with Crippen molar-refractivity contribution in [2.45, 2.75) is 19.4 Å². The van der Waals surface area contributed by atoms with Crippen molar-refractivity contribution in [1.82, 2.24) is 10.6 Å². The normalized spacial score (nSPS) is 11.9. The number of likely N-dealkylation sites (N-methyl/N-ethyl adjacent to an activating group) is 1. The minimum atomic E-state index is -0.470. The average Bonchev–Trinajstić information content (AvgIpc) is 2.03. The summed E-state index contributed by atoms with van der Waals surface area (Å²) in [4.78, 5) is 21.8. The van der Waals surface area contributed by atoms with Crippen LogP contribution in [-0.2, 0) is 9.59 Å². The number of rotatable bonds is 4. The molecule has 4 nitrogen and oxygen atoms in total. The van der Waals surface area contributed by atoms with Crippen molar-refractivity contribution < 1.29 is 9.59 Å². The van der Waals surface area contributed by atoms with Gasteiger partial charge < -0.3 is 10.6 Å². The van der Waals surface area contributed by atoms with Crippen molar-refractivity contribution in [3.8, 4) is 0 Å². The fourth-order valence-electron chi connectivity index (χ4n) is 0.697. The summed E-state index contributed by atoms with van der Waals surface area (Å²) in [6.07, 6.45) is 0.338. The number of thiol groups is 1. The van der Waals surface area contributed by atoms with Crippen molar-refractivity contribution in [3.05, 3.63) is 0 Å². The summed E-state index contributed by atoms with van der Waals surface area (Å²) in [5, 5.41) is 4.97. The quantitative estimate of drug-likeness (QED) is 0.526. The molecule has 0 bridgehead atoms. The molecule has 2 N–H and O–H groups in total. The summed E-state index contributed by atoms with van der Waals surface area (Å²) in [7, 11) is 1.53. The highest BCUT2D eigenvalue weighted by molar-refractivity contribution is 7.80. The molecule has 0 aromatic carbocycles. The first-order valence-corrected chi connectivity index (χ1v) is 4.37. The van der Waals surface area contributed by atoms with E-state index < -0.39 is 6.04 Å². The molecule has 0 aromatic rings. The lowest BCUT2D eigenvalue weighted by Crippen LogP contribution is -2.43. The molecule has 12 heavy (non-hydrogen) atoms. The Morgan fingerprint density at radius 2 is 2.08 bits per heavy atom. The van der Waals surface area contributed by atoms with Crippen LogP contribution in [0.5, 0.6) is 0 Å². The van der Waals surface area contributed by atoms with Crippen LogP contribution in [-0.4, -0.2) is 30.7 Å². The number of carbonyl (C=O) groups excluding carboxylic acids is 2. The van der Waals surface area contributed by atoms with E-state index in [4.69, 9.17) is 0 Å². The fourth-order valence-corrected chi connectivity index (χ4v) is 0.900. The molecule has 0 saturated heterocycles. The predicted octanol–water partition coefficient (Wildman–Crippen LogP) is -0.443. The van der Waals surface area contributed by atoms with E-state index in [1.807, 2.05) is 0 Å². The van der Waals surface area contributed by atoms with Gasteiger partial charge in [-0.15, -0.1) is 0 Å². The summed E-state index contributed by atoms with van der Waals surface area (Å²) in [5.41, 5.74) is 0. The van der Waals surface area contributed by atoms with Crippen LogP contribution in [0.4, 0.5) is 0 Å². The zero-order valence-corrected chi connectivity index (χ0v) is 8.15. The Morgan fingerprint density at radius 3 is 2.50 bits per heavy atom. The largest absolute Gasteiger partial charge is 0.357 e. The van der Waals surface area contributed by atoms with Gasteiger partial charge in [-0.3, -0.25) is 9.59 Å². The molecule has 0 aliphatic heterocycles. The van der Waals surface area contributed by atoms with Crippen LogP contribution in [0.1, 0.15) is 13.3 Å². The number of hydrogen-bond donors (Lipinski definition) is 3. The molecule has 0 rings (SSSR count). The Kier molecular flexibility index (Phi) is 5.53. The van der Waals surface area contributed by atoms with Gasteiger partial charge >= 0.3 is 0 Å². The second-order valence-electron chi connectivity index (χ2n) is 2.38. The standard InChI is InChI=1S/C7H14N2O2S/c1-5(7(11)8-2)9-6(10)3-4-12/h5,12H,3-4H2,1-2H3,(H,8,11)(H,9,10). The summed E-state index contributed by atoms with van der Waals surface area (Å²) < 4.78 is 0. The fraction of sp³-hybridized carbons (Fsp3) is 0.714. The van der Waals surface area contributed by atoms with Gasteiger partial charge in [0.15, 0.2) is 0 Å². The van der Waals surface area contributed by atoms with Gasteiger partial charge in [0, 0.05) is 13.5 Å². The first-order chi connectivity index (χ1) is 5.61. The van der Waals surface area contributed by atoms with E-state index in [2.05, 4.69) is 23.3 Å². The Morgan fingerprint density at radius 1 is 1.50 bits per heavy atom. The minimum absolute atomic E-state index is 0.152. The monoisotopic (exact) mass is 190 g/mol. The first-order valence-electron chi connectivity index (χ1n) is 3.73. The average molecular weight is 190 g/mol. The van der Waals surface area contributed by atoms with Crippen molar-refractivity contribution in [3.63, 3.8) is 0 Å². The second-order valence-corrected chi connectivity index (χ2v) is 2.82. The topological polar surface area (TPSA) is 58.2 Å². The van der Waals surface area contributed by atoms with E-state index in [0.29, 0.717) is 12.2 Å². The Balaban J connectivity index is 3.75. The Labute approximate surface area is 77.5 Å². The summed E-state index contributed by atoms with van der Waals surface area (Å²) >= 11 is 3.90. The van der Waals surface area contributed by atoms with Crippen LogP contribution in [0, 0.1) is 0 Å². The van der Waals surface area contributed by atoms with Crippen molar-refractivity contribution in [1.29, 1.82) is 0 Å². The number of hydrogen-bond acceptors (Lipinski definition) is 3. The van der Waals surface area contributed by atoms with Gasteiger partial charge in [0.25, 0.3) is 0 Å². The van der Waals surface area contributed by atoms with Gasteiger partial charge in [0.2, 0.25) is 11.8 Å². The molecule has 0 spiro atoms. The lowest BCUT2D eigenvalue weighted by molar-refractivity contribution is -0.128. The first kappa shape index (κ1) is 11.3. The molecule has 1 unspecified atom stereocenters. The minimum Gasteiger partial charge on any atom is -0.357 e. The van der Waals surface area contributed by atoms with Gasteiger partial charge in [-0.05, 0) is 12.7 Å². The van der Waals surface area contributed by atoms with Crippen LogP contribution >= 0.6 is 12.6 Å². The van der Waals surface area contributed by atoms with Gasteiger partial charge in [-0.1, -0.05) is 0 Å². The zero-order valence-electron chi connectivity index (χ0n) is 7.26. The van der Waals surface area contributed by atoms with Crippen molar-refractivity contribution in [2.24, 2.45) is 0 Å². The molecule has 0 radical (unpaired) electrons. The molecule has 1 atom stereocenters. The van der Waals surface area contributed by atoms with Crippen LogP contribution in [0.2, 0.25) is 0 Å². The lowest BCUT2D eigenvalue weighted by atomic mass is 10.3. The van der Waals surface area contributed by atoms with Crippen molar-refractivity contribution in [2.75, 3.05) is 12.8 Å². The smallest absolute Gasteiger partial charge is 0.242 e. The highest BCUT2D eigenvalue weighted by Crippen LogP contribution is 1.87. The van der Waals surface area contributed by atoms with Crippen molar-refractivity contribution >= 4 is 24.4 Å². The maximum Gasteiger partial charge on any atom is 0.242 e. The van der Waals surface area contributed by atoms with Gasteiger partial charge in [-0.25, -0.2) is 0 Å². The Hall–Kier alpha value is -0.710. The molecule has 0 aliphatic rings. The molecular weight excluding hydrogens is 176 g/mol. The number of nitrogens with one attached hydrogen (secondary N) is 2. The SMILES string of the molecule is CNC(=O)C(C)NC(=O)CCS. The molecule has 0 saturated carbocycles. The van der Waals surface area contributed by atoms with Gasteiger partial charge in [0.1, 0.15) is 6.04 Å². The van der Waals surface area contributed by atoms with E-state index in [1.54, 1.807) is 6.92 Å². The van der Waals surface area contributed by atoms with E-state index in [0.717, 1.165) is 0 Å². The summed E-state index contributed by atoms with van der Waals surface area (Å²) in [5.74, 6) is 0.148. The highest BCUT2D eigenvalue weighted by atomic mass is 32.1. The highest BCUT2D eigenvalue weighted by Gasteiger charge is 2.12. The third-order valence-electron chi connectivity index (χ3n) is 1.36. The lowest BCUT2D eigenvalue weighted by Gasteiger charge is -2.11. The maximum atomic E-state index is 10.9. The van der Waals surface area contributed by atoms with E-state index in [9.17, 15) is 9.59 Å². The Bertz CT molecular complexity index is 173. The van der Waals surface area contributed by atoms with Crippen LogP contribution in [0.3, 0.4) is 0 Å². The van der Waals surface area contributed by atoms with E-state index in [-0.39, 0.29) is 11.8 Å². The molecule has 0 aromatic heterocycles. The van der Waals surface area contributed by atoms with E-state index in [1.165, 1.54) is 7.05 Å². The molecule has 0 heterocycles. The molecular formula is C7H14N2O2S. The third kappa shape index (κ3) is 4.23. The third-order valence-corrected chi connectivity index (χ3v) is 1.58. The predicted molar refractivity (Wildman–Crippen MR) is 50.1 cm³/mol. The molecule has 0 fully saturated rings. The zero-order chi connectivity index (χ0) is 9.56. The summed E-state index contributed by atoms with van der Waals surface area (Å²) in [6.45, 7) is 1.63. The summed E-state index contributed by atoms with van der Waals surface area (Å²) in [6, 6.07) is -0.470. The van der Waals surface area contributed by atoms with Crippen LogP contribution in [0.25, 0.3) is 0 Å². The maximum absolute atomic E-state index is 10.9. The van der Waals surface area contributed by atoms with E-state index >= 15 is 0 Å². The second kappa shape index (κ2) is 5.88. The van der Waals surface area contributed by atoms with Gasteiger partial charge in [-0.2, -0.15) is 12.6 Å². The molecule has 0 aliphatic carbocycles. The van der Waals surface area contributed by atoms with Crippen LogP contribution in [0.15, 0.2) is 0 Å². The molecule has 2 amide bonds. The van der Waals surface area contributed by atoms with Crippen LogP contribution < -0.4 is 10.6 Å². The number of amides is 2. The number of carbonyl (C=O) groups is 2. The molecule has 5 heteroatoms.